The Bertz CT molecular complexity index is 513. The van der Waals surface area contributed by atoms with Crippen molar-refractivity contribution in [2.75, 3.05) is 19.3 Å². The highest BCUT2D eigenvalue weighted by atomic mass is 15.2. The summed E-state index contributed by atoms with van der Waals surface area (Å²) >= 11 is 0. The minimum absolute atomic E-state index is 0.846. The third-order valence-corrected chi connectivity index (χ3v) is 3.15. The first-order chi connectivity index (χ1) is 7.24. The molecular formula is C12H15N3. The largest absolute Gasteiger partial charge is 0.399 e. The zero-order valence-electron chi connectivity index (χ0n) is 8.90. The van der Waals surface area contributed by atoms with E-state index < -0.39 is 0 Å². The number of anilines is 1. The highest BCUT2D eigenvalue weighted by molar-refractivity contribution is 5.84. The molecule has 2 heterocycles. The number of nitrogens with zero attached hydrogens (tertiary/aromatic N) is 2. The summed E-state index contributed by atoms with van der Waals surface area (Å²) in [6, 6.07) is 8.41. The van der Waals surface area contributed by atoms with E-state index in [0.717, 1.165) is 25.3 Å². The fourth-order valence-corrected chi connectivity index (χ4v) is 2.37. The molecule has 1 aliphatic heterocycles. The van der Waals surface area contributed by atoms with Crippen molar-refractivity contribution >= 4 is 16.6 Å². The van der Waals surface area contributed by atoms with Gasteiger partial charge in [0.25, 0.3) is 0 Å². The van der Waals surface area contributed by atoms with Gasteiger partial charge in [0.1, 0.15) is 0 Å². The predicted octanol–water partition coefficient (Wildman–Crippen LogP) is 1.67. The second-order valence-electron chi connectivity index (χ2n) is 4.34. The number of benzene rings is 1. The Balaban J connectivity index is 2.23. The van der Waals surface area contributed by atoms with Crippen LogP contribution >= 0.6 is 0 Å². The summed E-state index contributed by atoms with van der Waals surface area (Å²) in [6.45, 7) is 3.25. The monoisotopic (exact) mass is 201 g/mol. The molecule has 1 aliphatic rings. The lowest BCUT2D eigenvalue weighted by molar-refractivity contribution is 0.273. The maximum atomic E-state index is 5.79. The maximum Gasteiger partial charge on any atom is 0.0484 e. The van der Waals surface area contributed by atoms with Crippen molar-refractivity contribution in [1.82, 2.24) is 9.47 Å². The first-order valence-electron chi connectivity index (χ1n) is 5.30. The van der Waals surface area contributed by atoms with Gasteiger partial charge >= 0.3 is 0 Å². The predicted molar refractivity (Wildman–Crippen MR) is 62.7 cm³/mol. The number of nitrogen functional groups attached to an aromatic ring is 1. The fourth-order valence-electron chi connectivity index (χ4n) is 2.37. The topological polar surface area (TPSA) is 34.2 Å². The number of fused-ring (bicyclic) bond motifs is 3. The molecular weight excluding hydrogens is 186 g/mol. The van der Waals surface area contributed by atoms with Crippen LogP contribution < -0.4 is 5.73 Å². The average Bonchev–Trinajstić information content (AvgIpc) is 2.53. The SMILES string of the molecule is CN1CCn2c(cc3cc(N)ccc32)C1. The van der Waals surface area contributed by atoms with E-state index in [9.17, 15) is 0 Å². The molecule has 0 aliphatic carbocycles. The van der Waals surface area contributed by atoms with Crippen LogP contribution in [0.5, 0.6) is 0 Å². The molecule has 3 nitrogen and oxygen atoms in total. The number of nitrogens with two attached hydrogens (primary N) is 1. The number of likely N-dealkylation sites (N-methyl/N-ethyl adjacent to an activating group) is 1. The van der Waals surface area contributed by atoms with Crippen molar-refractivity contribution in [2.24, 2.45) is 0 Å². The number of hydrogen-bond donors (Lipinski definition) is 1. The van der Waals surface area contributed by atoms with E-state index in [2.05, 4.69) is 34.7 Å². The molecule has 1 aromatic heterocycles. The van der Waals surface area contributed by atoms with Gasteiger partial charge in [-0.25, -0.2) is 0 Å². The third kappa shape index (κ3) is 1.31. The molecule has 0 unspecified atom stereocenters. The van der Waals surface area contributed by atoms with Crippen molar-refractivity contribution in [3.63, 3.8) is 0 Å². The first kappa shape index (κ1) is 8.80. The van der Waals surface area contributed by atoms with E-state index in [1.54, 1.807) is 0 Å². The molecule has 15 heavy (non-hydrogen) atoms. The van der Waals surface area contributed by atoms with Crippen molar-refractivity contribution in [3.8, 4) is 0 Å². The quantitative estimate of drug-likeness (QED) is 0.658. The molecule has 0 fully saturated rings. The normalized spacial score (nSPS) is 16.9. The van der Waals surface area contributed by atoms with Crippen LogP contribution in [0.3, 0.4) is 0 Å². The Morgan fingerprint density at radius 2 is 2.07 bits per heavy atom. The van der Waals surface area contributed by atoms with Gasteiger partial charge in [0.05, 0.1) is 0 Å². The highest BCUT2D eigenvalue weighted by Crippen LogP contribution is 2.25. The molecule has 78 valence electrons. The van der Waals surface area contributed by atoms with Crippen LogP contribution in [0.1, 0.15) is 5.69 Å². The van der Waals surface area contributed by atoms with Crippen molar-refractivity contribution < 1.29 is 0 Å². The molecule has 0 bridgehead atoms. The summed E-state index contributed by atoms with van der Waals surface area (Å²) < 4.78 is 2.40. The standard InChI is InChI=1S/C12H15N3/c1-14-4-5-15-11(8-14)7-9-6-10(13)2-3-12(9)15/h2-3,6-7H,4-5,8,13H2,1H3. The Morgan fingerprint density at radius 3 is 2.93 bits per heavy atom. The summed E-state index contributed by atoms with van der Waals surface area (Å²) in [5, 5.41) is 1.26. The molecule has 1 aromatic carbocycles. The molecule has 0 spiro atoms. The van der Waals surface area contributed by atoms with Crippen molar-refractivity contribution in [3.05, 3.63) is 30.0 Å². The van der Waals surface area contributed by atoms with Gasteiger partial charge < -0.3 is 10.3 Å². The Kier molecular flexibility index (Phi) is 1.76. The minimum Gasteiger partial charge on any atom is -0.399 e. The van der Waals surface area contributed by atoms with Gasteiger partial charge in [-0.1, -0.05) is 0 Å². The summed E-state index contributed by atoms with van der Waals surface area (Å²) in [5.74, 6) is 0. The lowest BCUT2D eigenvalue weighted by atomic mass is 10.2. The van der Waals surface area contributed by atoms with Crippen molar-refractivity contribution in [1.29, 1.82) is 0 Å². The average molecular weight is 201 g/mol. The van der Waals surface area contributed by atoms with E-state index in [1.807, 2.05) is 6.07 Å². The van der Waals surface area contributed by atoms with Gasteiger partial charge in [-0.05, 0) is 31.3 Å². The Labute approximate surface area is 89.1 Å². The van der Waals surface area contributed by atoms with Crippen LogP contribution in [0.4, 0.5) is 5.69 Å². The fraction of sp³-hybridized carbons (Fsp3) is 0.333. The summed E-state index contributed by atoms with van der Waals surface area (Å²) in [5.41, 5.74) is 9.34. The van der Waals surface area contributed by atoms with Crippen molar-refractivity contribution in [2.45, 2.75) is 13.1 Å². The molecule has 0 radical (unpaired) electrons. The number of hydrogen-bond acceptors (Lipinski definition) is 2. The lowest BCUT2D eigenvalue weighted by Crippen LogP contribution is -2.29. The highest BCUT2D eigenvalue weighted by Gasteiger charge is 2.15. The van der Waals surface area contributed by atoms with Gasteiger partial charge in [-0.3, -0.25) is 4.90 Å². The maximum absolute atomic E-state index is 5.79. The third-order valence-electron chi connectivity index (χ3n) is 3.15. The zero-order valence-corrected chi connectivity index (χ0v) is 8.90. The summed E-state index contributed by atoms with van der Waals surface area (Å²) in [6.07, 6.45) is 0. The Morgan fingerprint density at radius 1 is 1.20 bits per heavy atom. The minimum atomic E-state index is 0.846. The molecule has 0 saturated carbocycles. The van der Waals surface area contributed by atoms with Gasteiger partial charge in [0, 0.05) is 41.9 Å². The molecule has 2 aromatic rings. The van der Waals surface area contributed by atoms with Crippen LogP contribution in [0.15, 0.2) is 24.3 Å². The lowest BCUT2D eigenvalue weighted by Gasteiger charge is -2.24. The van der Waals surface area contributed by atoms with Gasteiger partial charge in [-0.15, -0.1) is 0 Å². The second-order valence-corrected chi connectivity index (χ2v) is 4.34. The summed E-state index contributed by atoms with van der Waals surface area (Å²) in [4.78, 5) is 2.34. The number of aromatic nitrogens is 1. The molecule has 0 amide bonds. The van der Waals surface area contributed by atoms with E-state index >= 15 is 0 Å². The first-order valence-corrected chi connectivity index (χ1v) is 5.30. The molecule has 2 N–H and O–H groups in total. The smallest absolute Gasteiger partial charge is 0.0484 e. The van der Waals surface area contributed by atoms with Crippen LogP contribution in [0.25, 0.3) is 10.9 Å². The molecule has 3 heteroatoms. The second kappa shape index (κ2) is 3.00. The van der Waals surface area contributed by atoms with Crippen LogP contribution in [0.2, 0.25) is 0 Å². The molecule has 0 atom stereocenters. The van der Waals surface area contributed by atoms with E-state index in [1.165, 1.54) is 16.6 Å². The summed E-state index contributed by atoms with van der Waals surface area (Å²) in [7, 11) is 2.16. The Hall–Kier alpha value is -1.48. The number of rotatable bonds is 0. The molecule has 3 rings (SSSR count). The van der Waals surface area contributed by atoms with Gasteiger partial charge in [0.2, 0.25) is 0 Å². The van der Waals surface area contributed by atoms with E-state index in [-0.39, 0.29) is 0 Å². The van der Waals surface area contributed by atoms with Gasteiger partial charge in [0.15, 0.2) is 0 Å². The van der Waals surface area contributed by atoms with Crippen LogP contribution in [0, 0.1) is 0 Å². The van der Waals surface area contributed by atoms with E-state index in [4.69, 9.17) is 5.73 Å². The van der Waals surface area contributed by atoms with E-state index in [0.29, 0.717) is 0 Å². The van der Waals surface area contributed by atoms with Crippen LogP contribution in [-0.2, 0) is 13.1 Å². The van der Waals surface area contributed by atoms with Gasteiger partial charge in [-0.2, -0.15) is 0 Å². The zero-order chi connectivity index (χ0) is 10.4. The molecule has 0 saturated heterocycles. The van der Waals surface area contributed by atoms with Crippen LogP contribution in [-0.4, -0.2) is 23.1 Å².